The molecule has 0 amide bonds. The van der Waals surface area contributed by atoms with Crippen LogP contribution in [0.4, 0.5) is 17.1 Å². The zero-order valence-corrected chi connectivity index (χ0v) is 13.8. The van der Waals surface area contributed by atoms with Gasteiger partial charge >= 0.3 is 0 Å². The summed E-state index contributed by atoms with van der Waals surface area (Å²) in [5.41, 5.74) is 3.44. The van der Waals surface area contributed by atoms with E-state index >= 15 is 0 Å². The lowest BCUT2D eigenvalue weighted by Gasteiger charge is -2.28. The van der Waals surface area contributed by atoms with Gasteiger partial charge in [-0.1, -0.05) is 18.2 Å². The minimum Gasteiger partial charge on any atom is -0.372 e. The molecular weight excluding hydrogens is 302 g/mol. The molecule has 124 valence electrons. The Kier molecular flexibility index (Phi) is 4.89. The molecule has 0 aliphatic carbocycles. The van der Waals surface area contributed by atoms with Crippen molar-refractivity contribution in [3.05, 3.63) is 63.7 Å². The molecule has 0 unspecified atom stereocenters. The van der Waals surface area contributed by atoms with Crippen molar-refractivity contribution in [2.75, 3.05) is 18.0 Å². The van der Waals surface area contributed by atoms with Gasteiger partial charge in [0.2, 0.25) is 0 Å². The van der Waals surface area contributed by atoms with E-state index in [1.165, 1.54) is 24.9 Å². The van der Waals surface area contributed by atoms with Gasteiger partial charge in [-0.3, -0.25) is 10.1 Å². The zero-order valence-electron chi connectivity index (χ0n) is 13.8. The number of hydrogen-bond donors (Lipinski definition) is 0. The molecule has 5 heteroatoms. The molecular formula is C19H21N3O2. The highest BCUT2D eigenvalue weighted by atomic mass is 16.6. The van der Waals surface area contributed by atoms with Crippen molar-refractivity contribution in [3.63, 3.8) is 0 Å². The lowest BCUT2D eigenvalue weighted by molar-refractivity contribution is -0.384. The van der Waals surface area contributed by atoms with E-state index in [0.29, 0.717) is 5.69 Å². The summed E-state index contributed by atoms with van der Waals surface area (Å²) in [5.74, 6) is 0. The zero-order chi connectivity index (χ0) is 16.9. The first-order chi connectivity index (χ1) is 11.6. The van der Waals surface area contributed by atoms with Gasteiger partial charge in [0, 0.05) is 31.1 Å². The highest BCUT2D eigenvalue weighted by Gasteiger charge is 2.13. The van der Waals surface area contributed by atoms with Crippen LogP contribution in [0.15, 0.2) is 47.5 Å². The fraction of sp³-hybridized carbons (Fsp3) is 0.316. The Morgan fingerprint density at radius 1 is 1.08 bits per heavy atom. The van der Waals surface area contributed by atoms with Gasteiger partial charge in [0.05, 0.1) is 4.92 Å². The summed E-state index contributed by atoms with van der Waals surface area (Å²) in [6, 6.07) is 13.3. The molecule has 0 spiro atoms. The number of nitrogens with zero attached hydrogens (tertiary/aromatic N) is 3. The molecule has 1 aliphatic rings. The first-order valence-corrected chi connectivity index (χ1v) is 8.27. The Balaban J connectivity index is 1.76. The fourth-order valence-corrected chi connectivity index (χ4v) is 2.96. The average molecular weight is 323 g/mol. The van der Waals surface area contributed by atoms with E-state index in [-0.39, 0.29) is 10.6 Å². The third-order valence-electron chi connectivity index (χ3n) is 4.29. The quantitative estimate of drug-likeness (QED) is 0.468. The lowest BCUT2D eigenvalue weighted by atomic mass is 10.1. The second-order valence-electron chi connectivity index (χ2n) is 6.15. The Bertz CT molecular complexity index is 748. The number of benzene rings is 2. The first kappa shape index (κ1) is 16.2. The Hall–Kier alpha value is -2.69. The molecule has 1 heterocycles. The van der Waals surface area contributed by atoms with Crippen LogP contribution >= 0.6 is 0 Å². The predicted octanol–water partition coefficient (Wildman–Crippen LogP) is 4.64. The monoisotopic (exact) mass is 323 g/mol. The van der Waals surface area contributed by atoms with Crippen molar-refractivity contribution in [3.8, 4) is 0 Å². The van der Waals surface area contributed by atoms with E-state index in [2.05, 4.69) is 22.0 Å². The van der Waals surface area contributed by atoms with Crippen LogP contribution < -0.4 is 4.90 Å². The van der Waals surface area contributed by atoms with Crippen molar-refractivity contribution in [1.82, 2.24) is 0 Å². The number of nitro benzene ring substituents is 1. The largest absolute Gasteiger partial charge is 0.372 e. The van der Waals surface area contributed by atoms with Gasteiger partial charge in [0.1, 0.15) is 5.69 Å². The maximum atomic E-state index is 11.1. The summed E-state index contributed by atoms with van der Waals surface area (Å²) in [5, 5.41) is 11.1. The van der Waals surface area contributed by atoms with Gasteiger partial charge in [0.25, 0.3) is 5.69 Å². The fourth-order valence-electron chi connectivity index (χ4n) is 2.96. The summed E-state index contributed by atoms with van der Waals surface area (Å²) in [6.07, 6.45) is 5.49. The Morgan fingerprint density at radius 3 is 2.46 bits per heavy atom. The molecule has 0 radical (unpaired) electrons. The van der Waals surface area contributed by atoms with Gasteiger partial charge in [-0.15, -0.1) is 0 Å². The number of anilines is 1. The maximum absolute atomic E-state index is 11.1. The van der Waals surface area contributed by atoms with Crippen LogP contribution in [0.1, 0.15) is 30.4 Å². The summed E-state index contributed by atoms with van der Waals surface area (Å²) in [4.78, 5) is 17.4. The van der Waals surface area contributed by atoms with E-state index in [1.54, 1.807) is 18.3 Å². The highest BCUT2D eigenvalue weighted by molar-refractivity contribution is 5.83. The molecule has 1 fully saturated rings. The highest BCUT2D eigenvalue weighted by Crippen LogP contribution is 2.28. The van der Waals surface area contributed by atoms with Gasteiger partial charge in [-0.2, -0.15) is 0 Å². The number of rotatable bonds is 4. The number of nitro groups is 1. The minimum atomic E-state index is -0.390. The minimum absolute atomic E-state index is 0.0381. The average Bonchev–Trinajstić information content (AvgIpc) is 2.62. The van der Waals surface area contributed by atoms with Crippen molar-refractivity contribution in [2.45, 2.75) is 26.2 Å². The Morgan fingerprint density at radius 2 is 1.79 bits per heavy atom. The smallest absolute Gasteiger partial charge is 0.295 e. The number of aryl methyl sites for hydroxylation is 1. The van der Waals surface area contributed by atoms with Crippen LogP contribution in [0.2, 0.25) is 0 Å². The molecule has 0 atom stereocenters. The first-order valence-electron chi connectivity index (χ1n) is 8.27. The molecule has 0 saturated carbocycles. The van der Waals surface area contributed by atoms with Crippen LogP contribution in [0.3, 0.4) is 0 Å². The molecule has 2 aromatic rings. The number of hydrogen-bond acceptors (Lipinski definition) is 4. The molecule has 0 N–H and O–H groups in total. The number of piperidine rings is 1. The van der Waals surface area contributed by atoms with E-state index in [0.717, 1.165) is 24.2 Å². The topological polar surface area (TPSA) is 58.7 Å². The standard InChI is InChI=1S/C19H21N3O2/c1-15-5-10-18(19(13-15)22(23)24)20-14-16-6-8-17(9-7-16)21-11-3-2-4-12-21/h5-10,13-14H,2-4,11-12H2,1H3. The third kappa shape index (κ3) is 3.79. The second-order valence-corrected chi connectivity index (χ2v) is 6.15. The van der Waals surface area contributed by atoms with Crippen LogP contribution in [-0.4, -0.2) is 24.2 Å². The van der Waals surface area contributed by atoms with E-state index < -0.39 is 0 Å². The predicted molar refractivity (Wildman–Crippen MR) is 97.6 cm³/mol. The van der Waals surface area contributed by atoms with Crippen LogP contribution in [-0.2, 0) is 0 Å². The summed E-state index contributed by atoms with van der Waals surface area (Å²) in [7, 11) is 0. The van der Waals surface area contributed by atoms with Crippen molar-refractivity contribution in [2.24, 2.45) is 4.99 Å². The molecule has 2 aromatic carbocycles. The van der Waals surface area contributed by atoms with Crippen molar-refractivity contribution in [1.29, 1.82) is 0 Å². The van der Waals surface area contributed by atoms with E-state index in [1.807, 2.05) is 25.1 Å². The molecule has 1 aliphatic heterocycles. The summed E-state index contributed by atoms with van der Waals surface area (Å²) < 4.78 is 0. The molecule has 0 aromatic heterocycles. The Labute approximate surface area is 141 Å². The van der Waals surface area contributed by atoms with Crippen molar-refractivity contribution < 1.29 is 4.92 Å². The third-order valence-corrected chi connectivity index (χ3v) is 4.29. The van der Waals surface area contributed by atoms with Crippen LogP contribution in [0, 0.1) is 17.0 Å². The second kappa shape index (κ2) is 7.25. The lowest BCUT2D eigenvalue weighted by Crippen LogP contribution is -2.29. The summed E-state index contributed by atoms with van der Waals surface area (Å²) >= 11 is 0. The van der Waals surface area contributed by atoms with Gasteiger partial charge in [-0.25, -0.2) is 4.99 Å². The van der Waals surface area contributed by atoms with Crippen LogP contribution in [0.5, 0.6) is 0 Å². The maximum Gasteiger partial charge on any atom is 0.295 e. The molecule has 5 nitrogen and oxygen atoms in total. The van der Waals surface area contributed by atoms with Gasteiger partial charge in [0.15, 0.2) is 0 Å². The normalized spacial score (nSPS) is 15.0. The van der Waals surface area contributed by atoms with Crippen molar-refractivity contribution >= 4 is 23.3 Å². The number of aliphatic imine (C=N–C) groups is 1. The van der Waals surface area contributed by atoms with Crippen LogP contribution in [0.25, 0.3) is 0 Å². The molecule has 1 saturated heterocycles. The van der Waals surface area contributed by atoms with E-state index in [9.17, 15) is 10.1 Å². The molecule has 24 heavy (non-hydrogen) atoms. The molecule has 3 rings (SSSR count). The molecule has 0 bridgehead atoms. The summed E-state index contributed by atoms with van der Waals surface area (Å²) in [6.45, 7) is 4.06. The van der Waals surface area contributed by atoms with E-state index in [4.69, 9.17) is 0 Å². The van der Waals surface area contributed by atoms with Gasteiger partial charge < -0.3 is 4.90 Å². The van der Waals surface area contributed by atoms with Gasteiger partial charge in [-0.05, 0) is 55.5 Å². The SMILES string of the molecule is Cc1ccc(N=Cc2ccc(N3CCCCC3)cc2)c([N+](=O)[O-])c1.